The quantitative estimate of drug-likeness (QED) is 0.796. The Morgan fingerprint density at radius 2 is 2.33 bits per heavy atom. The lowest BCUT2D eigenvalue weighted by Crippen LogP contribution is -2.06. The number of halogens is 1. The molecule has 5 heteroatoms. The number of methoxy groups -OCH3 is 1. The zero-order valence-corrected chi connectivity index (χ0v) is 11.4. The number of ether oxygens (including phenoxy) is 1. The Kier molecular flexibility index (Phi) is 4.73. The smallest absolute Gasteiger partial charge is 0.357 e. The maximum absolute atomic E-state index is 11.5. The largest absolute Gasteiger partial charge is 0.464 e. The molecule has 0 N–H and O–H groups in total. The minimum atomic E-state index is -0.352. The summed E-state index contributed by atoms with van der Waals surface area (Å²) in [5.74, 6) is 0.00260. The molecule has 0 fully saturated rings. The van der Waals surface area contributed by atoms with Crippen LogP contribution in [0.4, 0.5) is 0 Å². The molecule has 0 radical (unpaired) electrons. The summed E-state index contributed by atoms with van der Waals surface area (Å²) in [5.41, 5.74) is 0.454. The molecule has 84 valence electrons. The van der Waals surface area contributed by atoms with E-state index >= 15 is 0 Å². The van der Waals surface area contributed by atoms with Crippen molar-refractivity contribution in [3.8, 4) is 0 Å². The highest BCUT2D eigenvalue weighted by molar-refractivity contribution is 9.11. The van der Waals surface area contributed by atoms with Gasteiger partial charge in [0.05, 0.1) is 7.11 Å². The second kappa shape index (κ2) is 5.61. The highest BCUT2D eigenvalue weighted by atomic mass is 79.9. The Balaban J connectivity index is 3.00. The molecule has 1 aromatic heterocycles. The van der Waals surface area contributed by atoms with Gasteiger partial charge in [0.25, 0.3) is 0 Å². The number of thiazole rings is 1. The van der Waals surface area contributed by atoms with Gasteiger partial charge in [-0.3, -0.25) is 0 Å². The minimum Gasteiger partial charge on any atom is -0.464 e. The first-order chi connectivity index (χ1) is 7.10. The summed E-state index contributed by atoms with van der Waals surface area (Å²) < 4.78 is 5.44. The van der Waals surface area contributed by atoms with Crippen molar-refractivity contribution in [2.75, 3.05) is 7.11 Å². The fraction of sp³-hybridized carbons (Fsp3) is 0.600. The molecule has 1 aromatic rings. The molecular formula is C10H14BrNO2S. The van der Waals surface area contributed by atoms with Crippen molar-refractivity contribution in [3.63, 3.8) is 0 Å². The van der Waals surface area contributed by atoms with Crippen molar-refractivity contribution < 1.29 is 9.53 Å². The van der Waals surface area contributed by atoms with Crippen LogP contribution in [0.3, 0.4) is 0 Å². The molecular weight excluding hydrogens is 278 g/mol. The van der Waals surface area contributed by atoms with Gasteiger partial charge in [-0.15, -0.1) is 11.3 Å². The van der Waals surface area contributed by atoms with Crippen LogP contribution >= 0.6 is 27.3 Å². The first-order valence-electron chi connectivity index (χ1n) is 4.84. The van der Waals surface area contributed by atoms with Gasteiger partial charge >= 0.3 is 5.97 Å². The van der Waals surface area contributed by atoms with Crippen LogP contribution in [0.5, 0.6) is 0 Å². The molecule has 15 heavy (non-hydrogen) atoms. The first-order valence-corrected chi connectivity index (χ1v) is 6.45. The first kappa shape index (κ1) is 12.6. The van der Waals surface area contributed by atoms with Crippen molar-refractivity contribution >= 4 is 33.2 Å². The average Bonchev–Trinajstić information content (AvgIpc) is 2.59. The van der Waals surface area contributed by atoms with Gasteiger partial charge < -0.3 is 4.74 Å². The van der Waals surface area contributed by atoms with E-state index < -0.39 is 0 Å². The van der Waals surface area contributed by atoms with Gasteiger partial charge in [0, 0.05) is 4.88 Å². The number of carbonyl (C=O) groups excluding carboxylic acids is 1. The fourth-order valence-corrected chi connectivity index (χ4v) is 3.01. The predicted octanol–water partition coefficient (Wildman–Crippen LogP) is 3.60. The molecule has 0 bridgehead atoms. The number of hydrogen-bond acceptors (Lipinski definition) is 4. The topological polar surface area (TPSA) is 39.2 Å². The van der Waals surface area contributed by atoms with Gasteiger partial charge in [-0.05, 0) is 28.3 Å². The van der Waals surface area contributed by atoms with Crippen LogP contribution in [-0.2, 0) is 4.74 Å². The Morgan fingerprint density at radius 3 is 2.87 bits per heavy atom. The summed E-state index contributed by atoms with van der Waals surface area (Å²) in [6.45, 7) is 4.24. The molecule has 0 amide bonds. The molecule has 0 aliphatic carbocycles. The van der Waals surface area contributed by atoms with E-state index in [0.29, 0.717) is 11.6 Å². The average molecular weight is 292 g/mol. The summed E-state index contributed by atoms with van der Waals surface area (Å²) in [5, 5.41) is 0. The SMILES string of the molecule is CCCC(C)c1sc(Br)nc1C(=O)OC. The Labute approximate surface area is 102 Å². The standard InChI is InChI=1S/C10H14BrNO2S/c1-4-5-6(2)8-7(9(13)14-3)12-10(11)15-8/h6H,4-5H2,1-3H3. The second-order valence-electron chi connectivity index (χ2n) is 3.36. The van der Waals surface area contributed by atoms with E-state index in [1.807, 2.05) is 0 Å². The normalized spacial score (nSPS) is 12.5. The number of rotatable bonds is 4. The van der Waals surface area contributed by atoms with Crippen LogP contribution in [0.15, 0.2) is 3.92 Å². The number of aromatic nitrogens is 1. The maximum atomic E-state index is 11.5. The van der Waals surface area contributed by atoms with Gasteiger partial charge in [-0.1, -0.05) is 20.3 Å². The van der Waals surface area contributed by atoms with E-state index in [0.717, 1.165) is 21.6 Å². The van der Waals surface area contributed by atoms with Crippen molar-refractivity contribution in [2.45, 2.75) is 32.6 Å². The number of nitrogens with zero attached hydrogens (tertiary/aromatic N) is 1. The Hall–Kier alpha value is -0.420. The third kappa shape index (κ3) is 3.01. The number of esters is 1. The zero-order valence-electron chi connectivity index (χ0n) is 9.04. The Bertz CT molecular complexity index is 351. The third-order valence-corrected chi connectivity index (χ3v) is 3.91. The van der Waals surface area contributed by atoms with E-state index in [1.54, 1.807) is 0 Å². The molecule has 0 spiro atoms. The minimum absolute atomic E-state index is 0.352. The van der Waals surface area contributed by atoms with Gasteiger partial charge in [0.2, 0.25) is 0 Å². The molecule has 1 unspecified atom stereocenters. The van der Waals surface area contributed by atoms with Crippen molar-refractivity contribution in [1.29, 1.82) is 0 Å². The number of carbonyl (C=O) groups is 1. The van der Waals surface area contributed by atoms with Crippen molar-refractivity contribution in [3.05, 3.63) is 14.5 Å². The summed E-state index contributed by atoms with van der Waals surface area (Å²) in [7, 11) is 1.38. The van der Waals surface area contributed by atoms with Gasteiger partial charge in [0.1, 0.15) is 0 Å². The molecule has 0 aromatic carbocycles. The maximum Gasteiger partial charge on any atom is 0.357 e. The van der Waals surface area contributed by atoms with E-state index in [-0.39, 0.29) is 5.97 Å². The molecule has 0 aliphatic heterocycles. The summed E-state index contributed by atoms with van der Waals surface area (Å²) >= 11 is 4.81. The molecule has 1 heterocycles. The summed E-state index contributed by atoms with van der Waals surface area (Å²) in [6.07, 6.45) is 2.15. The third-order valence-electron chi connectivity index (χ3n) is 2.18. The molecule has 0 saturated heterocycles. The lowest BCUT2D eigenvalue weighted by Gasteiger charge is -2.08. The van der Waals surface area contributed by atoms with Gasteiger partial charge in [0.15, 0.2) is 9.61 Å². The molecule has 0 aliphatic rings. The predicted molar refractivity (Wildman–Crippen MR) is 64.5 cm³/mol. The monoisotopic (exact) mass is 291 g/mol. The highest BCUT2D eigenvalue weighted by Gasteiger charge is 2.21. The second-order valence-corrected chi connectivity index (χ2v) is 5.67. The van der Waals surface area contributed by atoms with Crippen LogP contribution < -0.4 is 0 Å². The summed E-state index contributed by atoms with van der Waals surface area (Å²) in [6, 6.07) is 0. The van der Waals surface area contributed by atoms with Crippen molar-refractivity contribution in [2.24, 2.45) is 0 Å². The fourth-order valence-electron chi connectivity index (χ4n) is 1.45. The molecule has 1 rings (SSSR count). The van der Waals surface area contributed by atoms with Gasteiger partial charge in [-0.25, -0.2) is 9.78 Å². The van der Waals surface area contributed by atoms with Gasteiger partial charge in [-0.2, -0.15) is 0 Å². The van der Waals surface area contributed by atoms with Crippen LogP contribution in [0.25, 0.3) is 0 Å². The lowest BCUT2D eigenvalue weighted by atomic mass is 10.0. The van der Waals surface area contributed by atoms with Crippen molar-refractivity contribution in [1.82, 2.24) is 4.98 Å². The number of hydrogen-bond donors (Lipinski definition) is 0. The Morgan fingerprint density at radius 1 is 1.67 bits per heavy atom. The highest BCUT2D eigenvalue weighted by Crippen LogP contribution is 2.32. The molecule has 0 saturated carbocycles. The lowest BCUT2D eigenvalue weighted by molar-refractivity contribution is 0.0593. The van der Waals surface area contributed by atoms with E-state index in [4.69, 9.17) is 4.74 Å². The molecule has 3 nitrogen and oxygen atoms in total. The van der Waals surface area contributed by atoms with Crippen LogP contribution in [-0.4, -0.2) is 18.1 Å². The van der Waals surface area contributed by atoms with Crippen LogP contribution in [0.2, 0.25) is 0 Å². The van der Waals surface area contributed by atoms with Crippen LogP contribution in [0, 0.1) is 0 Å². The zero-order chi connectivity index (χ0) is 11.4. The summed E-state index contributed by atoms with van der Waals surface area (Å²) in [4.78, 5) is 16.6. The van der Waals surface area contributed by atoms with E-state index in [9.17, 15) is 4.79 Å². The molecule has 1 atom stereocenters. The van der Waals surface area contributed by atoms with Crippen LogP contribution in [0.1, 0.15) is 48.0 Å². The van der Waals surface area contributed by atoms with E-state index in [1.165, 1.54) is 18.4 Å². The van der Waals surface area contributed by atoms with E-state index in [2.05, 4.69) is 34.8 Å².